The quantitative estimate of drug-likeness (QED) is 0.647. The predicted octanol–water partition coefficient (Wildman–Crippen LogP) is 2.01. The summed E-state index contributed by atoms with van der Waals surface area (Å²) in [4.78, 5) is 28.9. The summed E-state index contributed by atoms with van der Waals surface area (Å²) in [7, 11) is 0. The Bertz CT molecular complexity index is 582. The molecule has 3 rings (SSSR count). The smallest absolute Gasteiger partial charge is 0.279 e. The molecule has 1 atom stereocenters. The molecule has 1 fully saturated rings. The van der Waals surface area contributed by atoms with E-state index in [4.69, 9.17) is 4.74 Å². The molecule has 0 unspecified atom stereocenters. The molecule has 1 aliphatic carbocycles. The highest BCUT2D eigenvalue weighted by molar-refractivity contribution is 6.15. The summed E-state index contributed by atoms with van der Waals surface area (Å²) in [6.45, 7) is 1.50. The van der Waals surface area contributed by atoms with Gasteiger partial charge in [-0.3, -0.25) is 9.59 Å². The summed E-state index contributed by atoms with van der Waals surface area (Å²) in [5, 5.41) is 5.63. The number of carbonyl (C=O) groups excluding carboxylic acids is 2. The summed E-state index contributed by atoms with van der Waals surface area (Å²) < 4.78 is 5.68. The second-order valence-electron chi connectivity index (χ2n) is 6.10. The van der Waals surface area contributed by atoms with Gasteiger partial charge in [-0.2, -0.15) is 0 Å². The first-order chi connectivity index (χ1) is 10.6. The Balaban J connectivity index is 1.74. The second kappa shape index (κ2) is 5.94. The predicted molar refractivity (Wildman–Crippen MR) is 81.5 cm³/mol. The van der Waals surface area contributed by atoms with E-state index in [1.807, 2.05) is 0 Å². The van der Waals surface area contributed by atoms with Crippen LogP contribution >= 0.6 is 0 Å². The third-order valence-electron chi connectivity index (χ3n) is 4.37. The van der Waals surface area contributed by atoms with E-state index in [2.05, 4.69) is 15.6 Å². The summed E-state index contributed by atoms with van der Waals surface area (Å²) in [6, 6.07) is 3.53. The number of pyridine rings is 1. The number of hydrogen-bond acceptors (Lipinski definition) is 4. The Morgan fingerprint density at radius 2 is 2.09 bits per heavy atom. The molecule has 0 saturated heterocycles. The second-order valence-corrected chi connectivity index (χ2v) is 6.10. The molecule has 2 N–H and O–H groups in total. The topological polar surface area (TPSA) is 80.3 Å². The number of aromatic nitrogens is 1. The van der Waals surface area contributed by atoms with Crippen molar-refractivity contribution in [3.63, 3.8) is 0 Å². The van der Waals surface area contributed by atoms with Crippen LogP contribution < -0.4 is 15.4 Å². The molecule has 22 heavy (non-hydrogen) atoms. The van der Waals surface area contributed by atoms with Gasteiger partial charge in [-0.25, -0.2) is 4.98 Å². The van der Waals surface area contributed by atoms with E-state index in [-0.39, 0.29) is 11.9 Å². The average molecular weight is 303 g/mol. The van der Waals surface area contributed by atoms with Crippen LogP contribution in [0.15, 0.2) is 18.3 Å². The van der Waals surface area contributed by atoms with Gasteiger partial charge in [0.2, 0.25) is 0 Å². The van der Waals surface area contributed by atoms with Crippen LogP contribution in [0.25, 0.3) is 0 Å². The summed E-state index contributed by atoms with van der Waals surface area (Å²) >= 11 is 0. The van der Waals surface area contributed by atoms with E-state index in [1.54, 1.807) is 18.3 Å². The first-order valence-corrected chi connectivity index (χ1v) is 7.86. The molecule has 6 heteroatoms. The maximum absolute atomic E-state index is 12.6. The Labute approximate surface area is 129 Å². The zero-order chi connectivity index (χ0) is 15.6. The van der Waals surface area contributed by atoms with Gasteiger partial charge in [-0.15, -0.1) is 0 Å². The largest absolute Gasteiger partial charge is 0.464 e. The molecule has 2 aliphatic rings. The molecular formula is C16H21N3O3. The van der Waals surface area contributed by atoms with Gasteiger partial charge in [-0.1, -0.05) is 25.7 Å². The van der Waals surface area contributed by atoms with Crippen LogP contribution in [0.3, 0.4) is 0 Å². The molecule has 0 aromatic carbocycles. The fraction of sp³-hybridized carbons (Fsp3) is 0.562. The van der Waals surface area contributed by atoms with Crippen molar-refractivity contribution in [2.24, 2.45) is 0 Å². The highest BCUT2D eigenvalue weighted by atomic mass is 16.5. The minimum absolute atomic E-state index is 0.124. The minimum atomic E-state index is -1.55. The van der Waals surface area contributed by atoms with Gasteiger partial charge in [0.15, 0.2) is 11.6 Å². The van der Waals surface area contributed by atoms with E-state index in [1.165, 1.54) is 19.8 Å². The van der Waals surface area contributed by atoms with E-state index >= 15 is 0 Å². The fourth-order valence-electron chi connectivity index (χ4n) is 2.96. The van der Waals surface area contributed by atoms with Crippen molar-refractivity contribution in [1.29, 1.82) is 0 Å². The summed E-state index contributed by atoms with van der Waals surface area (Å²) in [5.74, 6) is -0.0934. The summed E-state index contributed by atoms with van der Waals surface area (Å²) in [6.07, 6.45) is 8.13. The molecule has 2 heterocycles. The van der Waals surface area contributed by atoms with Crippen molar-refractivity contribution in [2.45, 2.75) is 57.1 Å². The number of ether oxygens (including phenoxy) is 1. The van der Waals surface area contributed by atoms with Crippen LogP contribution in [0, 0.1) is 0 Å². The Morgan fingerprint density at radius 1 is 1.36 bits per heavy atom. The van der Waals surface area contributed by atoms with E-state index in [0.29, 0.717) is 11.6 Å². The number of nitrogens with zero attached hydrogens (tertiary/aromatic N) is 1. The first kappa shape index (κ1) is 14.8. The van der Waals surface area contributed by atoms with Gasteiger partial charge in [0, 0.05) is 12.2 Å². The number of amides is 2. The molecule has 1 aromatic heterocycles. The van der Waals surface area contributed by atoms with Crippen LogP contribution in [0.1, 0.15) is 45.4 Å². The molecule has 1 aromatic rings. The number of rotatable bonds is 2. The number of nitrogens with one attached hydrogen (secondary N) is 2. The van der Waals surface area contributed by atoms with Crippen molar-refractivity contribution in [2.75, 3.05) is 5.32 Å². The Morgan fingerprint density at radius 3 is 2.82 bits per heavy atom. The van der Waals surface area contributed by atoms with Crippen LogP contribution in [-0.2, 0) is 9.59 Å². The van der Waals surface area contributed by atoms with Crippen molar-refractivity contribution < 1.29 is 14.3 Å². The molecule has 1 aliphatic heterocycles. The SMILES string of the molecule is C[C@]1(C(=O)NC2CCCCCC2)Oc2cccnc2NC1=O. The molecule has 6 nitrogen and oxygen atoms in total. The van der Waals surface area contributed by atoms with Crippen molar-refractivity contribution >= 4 is 17.6 Å². The third kappa shape index (κ3) is 2.77. The molecule has 2 amide bonds. The Kier molecular flexibility index (Phi) is 4.00. The van der Waals surface area contributed by atoms with E-state index < -0.39 is 11.5 Å². The molecule has 1 saturated carbocycles. The fourth-order valence-corrected chi connectivity index (χ4v) is 2.96. The van der Waals surface area contributed by atoms with Gasteiger partial charge < -0.3 is 15.4 Å². The number of fused-ring (bicyclic) bond motifs is 1. The molecule has 0 radical (unpaired) electrons. The van der Waals surface area contributed by atoms with Crippen LogP contribution in [0.4, 0.5) is 5.82 Å². The first-order valence-electron chi connectivity index (χ1n) is 7.86. The van der Waals surface area contributed by atoms with E-state index in [0.717, 1.165) is 25.7 Å². The number of anilines is 1. The zero-order valence-electron chi connectivity index (χ0n) is 12.7. The maximum Gasteiger partial charge on any atom is 0.279 e. The van der Waals surface area contributed by atoms with Crippen LogP contribution in [-0.4, -0.2) is 28.4 Å². The molecule has 0 bridgehead atoms. The van der Waals surface area contributed by atoms with Gasteiger partial charge in [-0.05, 0) is 31.9 Å². The lowest BCUT2D eigenvalue weighted by molar-refractivity contribution is -0.147. The molecule has 0 spiro atoms. The average Bonchev–Trinajstić information content (AvgIpc) is 2.77. The van der Waals surface area contributed by atoms with E-state index in [9.17, 15) is 9.59 Å². The van der Waals surface area contributed by atoms with Gasteiger partial charge >= 0.3 is 0 Å². The van der Waals surface area contributed by atoms with Crippen molar-refractivity contribution in [3.8, 4) is 5.75 Å². The maximum atomic E-state index is 12.6. The van der Waals surface area contributed by atoms with Crippen LogP contribution in [0.2, 0.25) is 0 Å². The normalized spacial score (nSPS) is 25.4. The number of carbonyl (C=O) groups is 2. The number of hydrogen-bond donors (Lipinski definition) is 2. The lowest BCUT2D eigenvalue weighted by Gasteiger charge is -2.33. The lowest BCUT2D eigenvalue weighted by Crippen LogP contribution is -2.60. The standard InChI is InChI=1S/C16H21N3O3/c1-16(14(20)18-11-7-4-2-3-5-8-11)15(21)19-13-12(22-16)9-6-10-17-13/h6,9-11H,2-5,7-8H2,1H3,(H,18,20)(H,17,19,21)/t16-/m1/s1. The Hall–Kier alpha value is -2.11. The monoisotopic (exact) mass is 303 g/mol. The van der Waals surface area contributed by atoms with Gasteiger partial charge in [0.05, 0.1) is 0 Å². The highest BCUT2D eigenvalue weighted by Crippen LogP contribution is 2.31. The van der Waals surface area contributed by atoms with Crippen LogP contribution in [0.5, 0.6) is 5.75 Å². The lowest BCUT2D eigenvalue weighted by atomic mass is 10.0. The molecule has 118 valence electrons. The summed E-state index contributed by atoms with van der Waals surface area (Å²) in [5.41, 5.74) is -1.55. The molecular weight excluding hydrogens is 282 g/mol. The van der Waals surface area contributed by atoms with Crippen molar-refractivity contribution in [1.82, 2.24) is 10.3 Å². The van der Waals surface area contributed by atoms with Gasteiger partial charge in [0.25, 0.3) is 17.4 Å². The van der Waals surface area contributed by atoms with Crippen molar-refractivity contribution in [3.05, 3.63) is 18.3 Å². The highest BCUT2D eigenvalue weighted by Gasteiger charge is 2.48. The third-order valence-corrected chi connectivity index (χ3v) is 4.37. The zero-order valence-corrected chi connectivity index (χ0v) is 12.7. The van der Waals surface area contributed by atoms with Gasteiger partial charge in [0.1, 0.15) is 0 Å². The minimum Gasteiger partial charge on any atom is -0.464 e.